The van der Waals surface area contributed by atoms with Crippen LogP contribution in [0.3, 0.4) is 0 Å². The van der Waals surface area contributed by atoms with Crippen LogP contribution in [-0.2, 0) is 26.2 Å². The summed E-state index contributed by atoms with van der Waals surface area (Å²) in [7, 11) is 4.82. The molecule has 144 valence electrons. The van der Waals surface area contributed by atoms with Gasteiger partial charge in [-0.3, -0.25) is 9.69 Å². The second-order valence-electron chi connectivity index (χ2n) is 7.80. The van der Waals surface area contributed by atoms with E-state index < -0.39 is 11.5 Å². The predicted molar refractivity (Wildman–Crippen MR) is 103 cm³/mol. The van der Waals surface area contributed by atoms with Crippen LogP contribution in [0.2, 0.25) is 0 Å². The van der Waals surface area contributed by atoms with Crippen LogP contribution in [0, 0.1) is 5.41 Å². The van der Waals surface area contributed by atoms with Crippen molar-refractivity contribution in [3.05, 3.63) is 34.9 Å². The SMILES string of the molecule is COC(=O)c1ccc2c(c1)C1(NC(=S)N(C)C1=O)C1(CCC(OC)CC1)C2. The third-order valence-electron chi connectivity index (χ3n) is 6.71. The van der Waals surface area contributed by atoms with Gasteiger partial charge < -0.3 is 14.8 Å². The smallest absolute Gasteiger partial charge is 0.337 e. The van der Waals surface area contributed by atoms with Gasteiger partial charge in [0.2, 0.25) is 0 Å². The number of methoxy groups -OCH3 is 2. The number of nitrogens with zero attached hydrogens (tertiary/aromatic N) is 1. The number of ether oxygens (including phenoxy) is 2. The highest BCUT2D eigenvalue weighted by Gasteiger charge is 2.66. The summed E-state index contributed by atoms with van der Waals surface area (Å²) in [5.74, 6) is -0.442. The van der Waals surface area contributed by atoms with E-state index in [9.17, 15) is 9.59 Å². The zero-order valence-electron chi connectivity index (χ0n) is 15.8. The number of nitrogens with one attached hydrogen (secondary N) is 1. The standard InChI is InChI=1S/C20H24N2O4S/c1-22-17(24)20(21-18(22)27)15-10-12(16(23)26-3)4-5-13(15)11-19(20)8-6-14(25-2)7-9-19/h4-5,10,14H,6-9,11H2,1-3H3,(H,21,27). The minimum atomic E-state index is -0.920. The molecular weight excluding hydrogens is 364 g/mol. The molecule has 1 heterocycles. The van der Waals surface area contributed by atoms with Crippen LogP contribution in [0.1, 0.15) is 47.2 Å². The number of rotatable bonds is 2. The Balaban J connectivity index is 1.87. The molecule has 2 spiro atoms. The highest BCUT2D eigenvalue weighted by atomic mass is 32.1. The van der Waals surface area contributed by atoms with Gasteiger partial charge in [0.05, 0.1) is 18.8 Å². The summed E-state index contributed by atoms with van der Waals surface area (Å²) in [6, 6.07) is 5.54. The van der Waals surface area contributed by atoms with Gasteiger partial charge in [0.1, 0.15) is 0 Å². The van der Waals surface area contributed by atoms with Crippen LogP contribution in [0.4, 0.5) is 0 Å². The van der Waals surface area contributed by atoms with Crippen molar-refractivity contribution in [1.29, 1.82) is 0 Å². The van der Waals surface area contributed by atoms with E-state index >= 15 is 0 Å². The maximum atomic E-state index is 13.5. The lowest BCUT2D eigenvalue weighted by Crippen LogP contribution is -2.56. The van der Waals surface area contributed by atoms with Crippen LogP contribution >= 0.6 is 12.2 Å². The molecular formula is C20H24N2O4S. The van der Waals surface area contributed by atoms with Gasteiger partial charge in [-0.1, -0.05) is 6.07 Å². The summed E-state index contributed by atoms with van der Waals surface area (Å²) < 4.78 is 10.4. The highest BCUT2D eigenvalue weighted by molar-refractivity contribution is 7.80. The number of carbonyl (C=O) groups is 2. The van der Waals surface area contributed by atoms with Crippen molar-refractivity contribution in [2.75, 3.05) is 21.3 Å². The van der Waals surface area contributed by atoms with Crippen LogP contribution in [0.5, 0.6) is 0 Å². The number of likely N-dealkylation sites (N-methyl/N-ethyl adjacent to an activating group) is 1. The molecule has 6 nitrogen and oxygen atoms in total. The van der Waals surface area contributed by atoms with Crippen molar-refractivity contribution in [2.24, 2.45) is 5.41 Å². The lowest BCUT2D eigenvalue weighted by molar-refractivity contribution is -0.137. The molecule has 1 amide bonds. The first-order valence-electron chi connectivity index (χ1n) is 9.23. The van der Waals surface area contributed by atoms with Gasteiger partial charge >= 0.3 is 5.97 Å². The number of hydrogen-bond donors (Lipinski definition) is 1. The topological polar surface area (TPSA) is 67.9 Å². The molecule has 0 aromatic heterocycles. The molecule has 1 saturated carbocycles. The summed E-state index contributed by atoms with van der Waals surface area (Å²) >= 11 is 5.44. The molecule has 1 N–H and O–H groups in total. The fourth-order valence-corrected chi connectivity index (χ4v) is 5.46. The lowest BCUT2D eigenvalue weighted by Gasteiger charge is -2.46. The highest BCUT2D eigenvalue weighted by Crippen LogP contribution is 2.59. The van der Waals surface area contributed by atoms with Gasteiger partial charge in [-0.05, 0) is 67.6 Å². The van der Waals surface area contributed by atoms with E-state index in [0.717, 1.165) is 43.2 Å². The van der Waals surface area contributed by atoms with Gasteiger partial charge in [0.25, 0.3) is 5.91 Å². The summed E-state index contributed by atoms with van der Waals surface area (Å²) in [5, 5.41) is 3.81. The summed E-state index contributed by atoms with van der Waals surface area (Å²) in [5.41, 5.74) is 1.21. The van der Waals surface area contributed by atoms with E-state index in [0.29, 0.717) is 10.7 Å². The average molecular weight is 388 g/mol. The third kappa shape index (κ3) is 2.37. The molecule has 1 saturated heterocycles. The molecule has 1 aliphatic heterocycles. The molecule has 7 heteroatoms. The van der Waals surface area contributed by atoms with E-state index in [2.05, 4.69) is 5.32 Å². The van der Waals surface area contributed by atoms with Gasteiger partial charge in [-0.15, -0.1) is 0 Å². The molecule has 1 atom stereocenters. The Bertz CT molecular complexity index is 831. The molecule has 1 aromatic carbocycles. The number of thiocarbonyl (C=S) groups is 1. The second-order valence-corrected chi connectivity index (χ2v) is 8.19. The van der Waals surface area contributed by atoms with Crippen LogP contribution in [-0.4, -0.2) is 49.3 Å². The average Bonchev–Trinajstić information content (AvgIpc) is 3.08. The van der Waals surface area contributed by atoms with Crippen molar-refractivity contribution >= 4 is 29.2 Å². The Kier molecular flexibility index (Phi) is 4.27. The van der Waals surface area contributed by atoms with Crippen LogP contribution < -0.4 is 5.32 Å². The van der Waals surface area contributed by atoms with E-state index in [1.54, 1.807) is 20.2 Å². The number of hydrogen-bond acceptors (Lipinski definition) is 5. The van der Waals surface area contributed by atoms with Crippen molar-refractivity contribution in [3.8, 4) is 0 Å². The van der Waals surface area contributed by atoms with Gasteiger partial charge in [-0.25, -0.2) is 4.79 Å². The summed E-state index contributed by atoms with van der Waals surface area (Å²) in [4.78, 5) is 27.1. The lowest BCUT2D eigenvalue weighted by atomic mass is 9.61. The first-order chi connectivity index (χ1) is 12.9. The first-order valence-corrected chi connectivity index (χ1v) is 9.64. The molecule has 2 fully saturated rings. The predicted octanol–water partition coefficient (Wildman–Crippen LogP) is 2.15. The fraction of sp³-hybridized carbons (Fsp3) is 0.550. The number of carbonyl (C=O) groups excluding carboxylic acids is 2. The first kappa shape index (κ1) is 18.4. The Labute approximate surface area is 164 Å². The normalized spacial score (nSPS) is 32.1. The summed E-state index contributed by atoms with van der Waals surface area (Å²) in [6.07, 6.45) is 4.55. The van der Waals surface area contributed by atoms with E-state index in [1.807, 2.05) is 12.1 Å². The van der Waals surface area contributed by atoms with Crippen molar-refractivity contribution < 1.29 is 19.1 Å². The van der Waals surface area contributed by atoms with E-state index in [-0.39, 0.29) is 17.4 Å². The number of benzene rings is 1. The number of esters is 1. The minimum absolute atomic E-state index is 0.0378. The largest absolute Gasteiger partial charge is 0.465 e. The molecule has 2 aliphatic carbocycles. The maximum absolute atomic E-state index is 13.5. The molecule has 0 bridgehead atoms. The van der Waals surface area contributed by atoms with Crippen molar-refractivity contribution in [1.82, 2.24) is 10.2 Å². The molecule has 1 aromatic rings. The van der Waals surface area contributed by atoms with Gasteiger partial charge in [0, 0.05) is 19.6 Å². The zero-order chi connectivity index (χ0) is 19.4. The molecule has 27 heavy (non-hydrogen) atoms. The zero-order valence-corrected chi connectivity index (χ0v) is 16.6. The Hall–Kier alpha value is -1.99. The molecule has 0 radical (unpaired) electrons. The number of amides is 1. The van der Waals surface area contributed by atoms with E-state index in [4.69, 9.17) is 21.7 Å². The van der Waals surface area contributed by atoms with E-state index in [1.165, 1.54) is 12.0 Å². The Morgan fingerprint density at radius 3 is 2.56 bits per heavy atom. The van der Waals surface area contributed by atoms with Crippen LogP contribution in [0.15, 0.2) is 18.2 Å². The Morgan fingerprint density at radius 2 is 2.00 bits per heavy atom. The Morgan fingerprint density at radius 1 is 1.30 bits per heavy atom. The second kappa shape index (κ2) is 6.27. The van der Waals surface area contributed by atoms with Gasteiger partial charge in [0.15, 0.2) is 10.7 Å². The van der Waals surface area contributed by atoms with Crippen molar-refractivity contribution in [3.63, 3.8) is 0 Å². The maximum Gasteiger partial charge on any atom is 0.337 e. The minimum Gasteiger partial charge on any atom is -0.465 e. The molecule has 1 unspecified atom stereocenters. The van der Waals surface area contributed by atoms with Crippen LogP contribution in [0.25, 0.3) is 0 Å². The van der Waals surface area contributed by atoms with Gasteiger partial charge in [-0.2, -0.15) is 0 Å². The molecule has 4 rings (SSSR count). The summed E-state index contributed by atoms with van der Waals surface area (Å²) in [6.45, 7) is 0. The quantitative estimate of drug-likeness (QED) is 0.619. The van der Waals surface area contributed by atoms with Crippen molar-refractivity contribution in [2.45, 2.75) is 43.7 Å². The number of fused-ring (bicyclic) bond motifs is 3. The molecule has 3 aliphatic rings. The fourth-order valence-electron chi connectivity index (χ4n) is 5.22. The monoisotopic (exact) mass is 388 g/mol. The third-order valence-corrected chi connectivity index (χ3v) is 7.08.